The fourth-order valence-corrected chi connectivity index (χ4v) is 3.65. The van der Waals surface area contributed by atoms with Crippen LogP contribution in [-0.2, 0) is 4.79 Å². The van der Waals surface area contributed by atoms with Gasteiger partial charge in [-0.3, -0.25) is 4.79 Å². The summed E-state index contributed by atoms with van der Waals surface area (Å²) in [4.78, 5) is 24.3. The van der Waals surface area contributed by atoms with Crippen molar-refractivity contribution in [3.63, 3.8) is 0 Å². The molecule has 0 radical (unpaired) electrons. The van der Waals surface area contributed by atoms with Crippen LogP contribution in [0.3, 0.4) is 0 Å². The summed E-state index contributed by atoms with van der Waals surface area (Å²) in [5.74, 6) is 2.34. The standard InChI is InChI=1S/C25H31ClN4O/c1-17(2)15-27-23(31)13-14-30(16-18(3)4)25-20-10-6-8-12-22(20)28-24(29-25)19-9-5-7-11-21(19)26/h5-12,17-18H,13-16H2,1-4H3,(H,27,31). The SMILES string of the molecule is CC(C)CNC(=O)CCN(CC(C)C)c1nc(-c2ccccc2Cl)nc2ccccc12. The van der Waals surface area contributed by atoms with Crippen LogP contribution in [0.5, 0.6) is 0 Å². The van der Waals surface area contributed by atoms with Crippen LogP contribution in [0.25, 0.3) is 22.3 Å². The van der Waals surface area contributed by atoms with Crippen molar-refractivity contribution in [2.24, 2.45) is 11.8 Å². The molecule has 31 heavy (non-hydrogen) atoms. The van der Waals surface area contributed by atoms with Gasteiger partial charge in [-0.15, -0.1) is 0 Å². The molecular formula is C25H31ClN4O. The number of nitrogens with one attached hydrogen (secondary N) is 1. The fraction of sp³-hybridized carbons (Fsp3) is 0.400. The molecular weight excluding hydrogens is 408 g/mol. The third-order valence-corrected chi connectivity index (χ3v) is 5.23. The molecule has 164 valence electrons. The molecule has 0 fully saturated rings. The molecule has 0 saturated carbocycles. The summed E-state index contributed by atoms with van der Waals surface area (Å²) in [7, 11) is 0. The Balaban J connectivity index is 1.99. The maximum Gasteiger partial charge on any atom is 0.221 e. The van der Waals surface area contributed by atoms with E-state index < -0.39 is 0 Å². The molecule has 1 heterocycles. The number of carbonyl (C=O) groups is 1. The van der Waals surface area contributed by atoms with E-state index in [9.17, 15) is 4.79 Å². The first-order valence-electron chi connectivity index (χ1n) is 10.9. The summed E-state index contributed by atoms with van der Waals surface area (Å²) in [6, 6.07) is 15.6. The van der Waals surface area contributed by atoms with Gasteiger partial charge in [-0.2, -0.15) is 0 Å². The molecule has 0 aliphatic rings. The van der Waals surface area contributed by atoms with Crippen LogP contribution in [-0.4, -0.2) is 35.5 Å². The van der Waals surface area contributed by atoms with Crippen molar-refractivity contribution in [1.82, 2.24) is 15.3 Å². The van der Waals surface area contributed by atoms with Gasteiger partial charge in [0.1, 0.15) is 5.82 Å². The van der Waals surface area contributed by atoms with Gasteiger partial charge in [0.05, 0.1) is 10.5 Å². The summed E-state index contributed by atoms with van der Waals surface area (Å²) in [6.07, 6.45) is 0.416. The van der Waals surface area contributed by atoms with E-state index in [1.165, 1.54) is 0 Å². The summed E-state index contributed by atoms with van der Waals surface area (Å²) < 4.78 is 0. The van der Waals surface area contributed by atoms with Crippen molar-refractivity contribution >= 4 is 34.2 Å². The highest BCUT2D eigenvalue weighted by molar-refractivity contribution is 6.33. The van der Waals surface area contributed by atoms with E-state index in [1.807, 2.05) is 48.5 Å². The van der Waals surface area contributed by atoms with E-state index in [4.69, 9.17) is 21.6 Å². The van der Waals surface area contributed by atoms with Gasteiger partial charge in [0.2, 0.25) is 5.91 Å². The average Bonchev–Trinajstić information content (AvgIpc) is 2.74. The minimum absolute atomic E-state index is 0.0622. The third-order valence-electron chi connectivity index (χ3n) is 4.90. The van der Waals surface area contributed by atoms with E-state index >= 15 is 0 Å². The molecule has 1 N–H and O–H groups in total. The molecule has 3 aromatic rings. The van der Waals surface area contributed by atoms with Crippen molar-refractivity contribution in [1.29, 1.82) is 0 Å². The van der Waals surface area contributed by atoms with Gasteiger partial charge in [-0.25, -0.2) is 9.97 Å². The Morgan fingerprint density at radius 1 is 1.00 bits per heavy atom. The van der Waals surface area contributed by atoms with E-state index in [0.717, 1.165) is 28.8 Å². The molecule has 0 aliphatic carbocycles. The molecule has 2 aromatic carbocycles. The van der Waals surface area contributed by atoms with Crippen molar-refractivity contribution in [2.75, 3.05) is 24.5 Å². The second-order valence-electron chi connectivity index (χ2n) is 8.66. The summed E-state index contributed by atoms with van der Waals surface area (Å²) in [5, 5.41) is 4.60. The molecule has 6 heteroatoms. The lowest BCUT2D eigenvalue weighted by Crippen LogP contribution is -2.35. The molecule has 0 saturated heterocycles. The smallest absolute Gasteiger partial charge is 0.221 e. The number of aromatic nitrogens is 2. The lowest BCUT2D eigenvalue weighted by atomic mass is 10.1. The number of halogens is 1. The Hall–Kier alpha value is -2.66. The quantitative estimate of drug-likeness (QED) is 0.474. The topological polar surface area (TPSA) is 58.1 Å². The minimum Gasteiger partial charge on any atom is -0.356 e. The minimum atomic E-state index is 0.0622. The zero-order valence-electron chi connectivity index (χ0n) is 18.7. The van der Waals surface area contributed by atoms with E-state index in [1.54, 1.807) is 0 Å². The third kappa shape index (κ3) is 6.17. The van der Waals surface area contributed by atoms with E-state index in [0.29, 0.717) is 42.2 Å². The van der Waals surface area contributed by atoms with Crippen LogP contribution in [0.2, 0.25) is 5.02 Å². The van der Waals surface area contributed by atoms with Crippen molar-refractivity contribution < 1.29 is 4.79 Å². The molecule has 1 aromatic heterocycles. The van der Waals surface area contributed by atoms with Crippen LogP contribution in [0, 0.1) is 11.8 Å². The molecule has 3 rings (SSSR count). The zero-order valence-corrected chi connectivity index (χ0v) is 19.5. The van der Waals surface area contributed by atoms with Crippen molar-refractivity contribution in [3.05, 3.63) is 53.6 Å². The number of nitrogens with zero attached hydrogens (tertiary/aromatic N) is 3. The van der Waals surface area contributed by atoms with E-state index in [-0.39, 0.29) is 5.91 Å². The molecule has 0 unspecified atom stereocenters. The lowest BCUT2D eigenvalue weighted by molar-refractivity contribution is -0.121. The number of benzene rings is 2. The highest BCUT2D eigenvalue weighted by Crippen LogP contribution is 2.31. The van der Waals surface area contributed by atoms with Crippen LogP contribution >= 0.6 is 11.6 Å². The van der Waals surface area contributed by atoms with Crippen LogP contribution in [0.4, 0.5) is 5.82 Å². The van der Waals surface area contributed by atoms with Gasteiger partial charge in [0.25, 0.3) is 0 Å². The molecule has 0 spiro atoms. The number of anilines is 1. The second kappa shape index (κ2) is 10.6. The van der Waals surface area contributed by atoms with Gasteiger partial charge in [-0.1, -0.05) is 63.6 Å². The average molecular weight is 439 g/mol. The van der Waals surface area contributed by atoms with E-state index in [2.05, 4.69) is 37.9 Å². The molecule has 0 atom stereocenters. The molecule has 0 bridgehead atoms. The summed E-state index contributed by atoms with van der Waals surface area (Å²) in [5.41, 5.74) is 1.66. The highest BCUT2D eigenvalue weighted by atomic mass is 35.5. The maximum atomic E-state index is 12.4. The largest absolute Gasteiger partial charge is 0.356 e. The predicted octanol–water partition coefficient (Wildman–Crippen LogP) is 5.57. The van der Waals surface area contributed by atoms with Crippen LogP contribution in [0.15, 0.2) is 48.5 Å². The highest BCUT2D eigenvalue weighted by Gasteiger charge is 2.18. The number of fused-ring (bicyclic) bond motifs is 1. The summed E-state index contributed by atoms with van der Waals surface area (Å²) in [6.45, 7) is 10.6. The number of amides is 1. The first-order valence-corrected chi connectivity index (χ1v) is 11.3. The Labute approximate surface area is 189 Å². The zero-order chi connectivity index (χ0) is 22.4. The lowest BCUT2D eigenvalue weighted by Gasteiger charge is -2.27. The van der Waals surface area contributed by atoms with Gasteiger partial charge in [-0.05, 0) is 36.1 Å². The number of carbonyl (C=O) groups excluding carboxylic acids is 1. The van der Waals surface area contributed by atoms with Gasteiger partial charge < -0.3 is 10.2 Å². The van der Waals surface area contributed by atoms with Gasteiger partial charge >= 0.3 is 0 Å². The number of para-hydroxylation sites is 1. The molecule has 1 amide bonds. The monoisotopic (exact) mass is 438 g/mol. The van der Waals surface area contributed by atoms with Crippen LogP contribution < -0.4 is 10.2 Å². The second-order valence-corrected chi connectivity index (χ2v) is 9.06. The Morgan fingerprint density at radius 3 is 2.42 bits per heavy atom. The maximum absolute atomic E-state index is 12.4. The molecule has 5 nitrogen and oxygen atoms in total. The Bertz CT molecular complexity index is 1030. The molecule has 0 aliphatic heterocycles. The normalized spacial score (nSPS) is 11.3. The number of hydrogen-bond acceptors (Lipinski definition) is 4. The van der Waals surface area contributed by atoms with Crippen LogP contribution in [0.1, 0.15) is 34.1 Å². The predicted molar refractivity (Wildman–Crippen MR) is 129 cm³/mol. The first kappa shape index (κ1) is 23.0. The fourth-order valence-electron chi connectivity index (χ4n) is 3.43. The Kier molecular flexibility index (Phi) is 7.85. The number of rotatable bonds is 9. The van der Waals surface area contributed by atoms with Crippen molar-refractivity contribution in [3.8, 4) is 11.4 Å². The van der Waals surface area contributed by atoms with Gasteiger partial charge in [0, 0.05) is 37.0 Å². The first-order chi connectivity index (χ1) is 14.8. The Morgan fingerprint density at radius 2 is 1.71 bits per heavy atom. The summed E-state index contributed by atoms with van der Waals surface area (Å²) >= 11 is 6.44. The van der Waals surface area contributed by atoms with Crippen molar-refractivity contribution in [2.45, 2.75) is 34.1 Å². The van der Waals surface area contributed by atoms with Gasteiger partial charge in [0.15, 0.2) is 5.82 Å². The number of hydrogen-bond donors (Lipinski definition) is 1.